The monoisotopic (exact) mass is 367 g/mol. The first-order valence-electron chi connectivity index (χ1n) is 7.83. The molecule has 0 unspecified atom stereocenters. The first kappa shape index (κ1) is 17.7. The normalized spacial score (nSPS) is 10.2. The molecule has 0 saturated carbocycles. The highest BCUT2D eigenvalue weighted by atomic mass is 32.2. The van der Waals surface area contributed by atoms with Crippen LogP contribution in [0.15, 0.2) is 77.7 Å². The molecule has 0 aliphatic heterocycles. The fourth-order valence-electron chi connectivity index (χ4n) is 2.20. The SMILES string of the molecule is COC(=O)c1ccc(NSc2ccc(Oc3ccccc3)cc2)cc1O. The molecule has 2 N–H and O–H groups in total. The average molecular weight is 367 g/mol. The van der Waals surface area contributed by atoms with Crippen LogP contribution in [0, 0.1) is 0 Å². The van der Waals surface area contributed by atoms with E-state index in [9.17, 15) is 9.90 Å². The predicted octanol–water partition coefficient (Wildman–Crippen LogP) is 5.09. The Bertz CT molecular complexity index is 882. The van der Waals surface area contributed by atoms with E-state index >= 15 is 0 Å². The van der Waals surface area contributed by atoms with Gasteiger partial charge in [0.1, 0.15) is 22.8 Å². The van der Waals surface area contributed by atoms with Gasteiger partial charge in [0.2, 0.25) is 0 Å². The molecule has 3 aromatic rings. The van der Waals surface area contributed by atoms with Crippen LogP contribution in [-0.4, -0.2) is 18.2 Å². The number of para-hydroxylation sites is 1. The summed E-state index contributed by atoms with van der Waals surface area (Å²) in [6.45, 7) is 0. The summed E-state index contributed by atoms with van der Waals surface area (Å²) in [5.41, 5.74) is 0.801. The number of nitrogens with one attached hydrogen (secondary N) is 1. The molecule has 0 aliphatic carbocycles. The van der Waals surface area contributed by atoms with Gasteiger partial charge in [-0.1, -0.05) is 18.2 Å². The second-order valence-electron chi connectivity index (χ2n) is 5.31. The molecular weight excluding hydrogens is 350 g/mol. The first-order valence-corrected chi connectivity index (χ1v) is 8.64. The predicted molar refractivity (Wildman–Crippen MR) is 102 cm³/mol. The zero-order valence-electron chi connectivity index (χ0n) is 14.0. The van der Waals surface area contributed by atoms with Crippen molar-refractivity contribution in [1.29, 1.82) is 0 Å². The molecule has 0 aromatic heterocycles. The lowest BCUT2D eigenvalue weighted by atomic mass is 10.2. The maximum absolute atomic E-state index is 11.5. The number of aromatic hydroxyl groups is 1. The summed E-state index contributed by atoms with van der Waals surface area (Å²) in [4.78, 5) is 12.4. The van der Waals surface area contributed by atoms with Crippen molar-refractivity contribution in [2.75, 3.05) is 11.8 Å². The Morgan fingerprint density at radius 3 is 2.31 bits per heavy atom. The van der Waals surface area contributed by atoms with Gasteiger partial charge in [0.15, 0.2) is 0 Å². The van der Waals surface area contributed by atoms with Gasteiger partial charge in [-0.25, -0.2) is 4.79 Å². The lowest BCUT2D eigenvalue weighted by molar-refractivity contribution is 0.0597. The number of carbonyl (C=O) groups is 1. The summed E-state index contributed by atoms with van der Waals surface area (Å²) < 4.78 is 13.5. The number of carbonyl (C=O) groups excluding carboxylic acids is 1. The van der Waals surface area contributed by atoms with Crippen LogP contribution in [0.5, 0.6) is 17.2 Å². The molecule has 6 heteroatoms. The van der Waals surface area contributed by atoms with Gasteiger partial charge in [0.05, 0.1) is 7.11 Å². The molecule has 3 aromatic carbocycles. The Labute approximate surface area is 155 Å². The lowest BCUT2D eigenvalue weighted by Gasteiger charge is -2.09. The fraction of sp³-hybridized carbons (Fsp3) is 0.0500. The number of phenolic OH excluding ortho intramolecular Hbond substituents is 1. The molecule has 0 radical (unpaired) electrons. The minimum absolute atomic E-state index is 0.130. The average Bonchev–Trinajstić information content (AvgIpc) is 2.68. The van der Waals surface area contributed by atoms with Gasteiger partial charge >= 0.3 is 5.97 Å². The van der Waals surface area contributed by atoms with Crippen LogP contribution in [0.4, 0.5) is 5.69 Å². The van der Waals surface area contributed by atoms with E-state index in [0.29, 0.717) is 5.69 Å². The Morgan fingerprint density at radius 2 is 1.65 bits per heavy atom. The maximum atomic E-state index is 11.5. The molecule has 0 amide bonds. The van der Waals surface area contributed by atoms with Crippen molar-refractivity contribution in [3.63, 3.8) is 0 Å². The van der Waals surface area contributed by atoms with Crippen LogP contribution in [0.3, 0.4) is 0 Å². The Kier molecular flexibility index (Phi) is 5.66. The second kappa shape index (κ2) is 8.31. The van der Waals surface area contributed by atoms with Crippen LogP contribution in [0.2, 0.25) is 0 Å². The third kappa shape index (κ3) is 4.49. The van der Waals surface area contributed by atoms with Crippen molar-refractivity contribution in [3.8, 4) is 17.2 Å². The van der Waals surface area contributed by atoms with Crippen LogP contribution < -0.4 is 9.46 Å². The number of anilines is 1. The van der Waals surface area contributed by atoms with Crippen molar-refractivity contribution in [1.82, 2.24) is 0 Å². The number of phenols is 1. The minimum Gasteiger partial charge on any atom is -0.507 e. The van der Waals surface area contributed by atoms with E-state index in [-0.39, 0.29) is 11.3 Å². The molecule has 0 atom stereocenters. The van der Waals surface area contributed by atoms with Crippen molar-refractivity contribution in [2.24, 2.45) is 0 Å². The number of hydrogen-bond donors (Lipinski definition) is 2. The summed E-state index contributed by atoms with van der Waals surface area (Å²) in [6.07, 6.45) is 0. The van der Waals surface area contributed by atoms with Gasteiger partial charge in [-0.3, -0.25) is 0 Å². The summed E-state index contributed by atoms with van der Waals surface area (Å²) in [7, 11) is 1.27. The zero-order chi connectivity index (χ0) is 18.4. The van der Waals surface area contributed by atoms with E-state index in [0.717, 1.165) is 16.4 Å². The van der Waals surface area contributed by atoms with Crippen LogP contribution in [-0.2, 0) is 4.74 Å². The highest BCUT2D eigenvalue weighted by Gasteiger charge is 2.11. The Morgan fingerprint density at radius 1 is 0.962 bits per heavy atom. The number of esters is 1. The topological polar surface area (TPSA) is 67.8 Å². The summed E-state index contributed by atoms with van der Waals surface area (Å²) >= 11 is 1.38. The van der Waals surface area contributed by atoms with E-state index < -0.39 is 5.97 Å². The van der Waals surface area contributed by atoms with Gasteiger partial charge in [-0.05, 0) is 60.5 Å². The molecule has 132 valence electrons. The second-order valence-corrected chi connectivity index (χ2v) is 6.19. The Balaban J connectivity index is 1.60. The van der Waals surface area contributed by atoms with Gasteiger partial charge in [-0.15, -0.1) is 0 Å². The van der Waals surface area contributed by atoms with Crippen molar-refractivity contribution < 1.29 is 19.4 Å². The summed E-state index contributed by atoms with van der Waals surface area (Å²) in [5, 5.41) is 9.90. The smallest absolute Gasteiger partial charge is 0.341 e. The van der Waals surface area contributed by atoms with Crippen LogP contribution in [0.25, 0.3) is 0 Å². The van der Waals surface area contributed by atoms with E-state index in [1.165, 1.54) is 31.2 Å². The van der Waals surface area contributed by atoms with Crippen molar-refractivity contribution in [3.05, 3.63) is 78.4 Å². The van der Waals surface area contributed by atoms with E-state index in [4.69, 9.17) is 4.74 Å². The number of hydrogen-bond acceptors (Lipinski definition) is 6. The van der Waals surface area contributed by atoms with E-state index in [1.54, 1.807) is 6.07 Å². The van der Waals surface area contributed by atoms with E-state index in [2.05, 4.69) is 9.46 Å². The molecule has 3 rings (SSSR count). The van der Waals surface area contributed by atoms with Crippen molar-refractivity contribution >= 4 is 23.6 Å². The van der Waals surface area contributed by atoms with Crippen LogP contribution >= 0.6 is 11.9 Å². The number of ether oxygens (including phenoxy) is 2. The number of benzene rings is 3. The highest BCUT2D eigenvalue weighted by molar-refractivity contribution is 8.00. The fourth-order valence-corrected chi connectivity index (χ4v) is 2.83. The summed E-state index contributed by atoms with van der Waals surface area (Å²) in [5.74, 6) is 0.831. The quantitative estimate of drug-likeness (QED) is 0.467. The highest BCUT2D eigenvalue weighted by Crippen LogP contribution is 2.28. The number of rotatable bonds is 6. The molecule has 0 heterocycles. The zero-order valence-corrected chi connectivity index (χ0v) is 14.8. The molecule has 0 bridgehead atoms. The van der Waals surface area contributed by atoms with Crippen LogP contribution in [0.1, 0.15) is 10.4 Å². The molecular formula is C20H17NO4S. The molecule has 0 saturated heterocycles. The van der Waals surface area contributed by atoms with Gasteiger partial charge < -0.3 is 19.3 Å². The number of methoxy groups -OCH3 is 1. The molecule has 0 aliphatic rings. The molecule has 26 heavy (non-hydrogen) atoms. The summed E-state index contributed by atoms with van der Waals surface area (Å²) in [6, 6.07) is 21.9. The lowest BCUT2D eigenvalue weighted by Crippen LogP contribution is -2.01. The first-order chi connectivity index (χ1) is 12.7. The van der Waals surface area contributed by atoms with Gasteiger partial charge in [0, 0.05) is 16.6 Å². The largest absolute Gasteiger partial charge is 0.507 e. The van der Waals surface area contributed by atoms with Gasteiger partial charge in [0.25, 0.3) is 0 Å². The minimum atomic E-state index is -0.573. The third-order valence-electron chi connectivity index (χ3n) is 3.49. The molecule has 0 spiro atoms. The maximum Gasteiger partial charge on any atom is 0.341 e. The third-order valence-corrected chi connectivity index (χ3v) is 4.34. The standard InChI is InChI=1S/C20H17NO4S/c1-24-20(23)18-12-7-14(13-19(18)22)21-26-17-10-8-16(9-11-17)25-15-5-3-2-4-6-15/h2-13,21-22H,1H3. The molecule has 0 fully saturated rings. The Hall–Kier alpha value is -3.12. The van der Waals surface area contributed by atoms with Gasteiger partial charge in [-0.2, -0.15) is 0 Å². The van der Waals surface area contributed by atoms with Crippen molar-refractivity contribution in [2.45, 2.75) is 4.90 Å². The van der Waals surface area contributed by atoms with E-state index in [1.807, 2.05) is 54.6 Å². The molecule has 5 nitrogen and oxygen atoms in total.